The summed E-state index contributed by atoms with van der Waals surface area (Å²) in [6, 6.07) is 6.97. The van der Waals surface area contributed by atoms with E-state index in [1.807, 2.05) is 5.38 Å². The van der Waals surface area contributed by atoms with Gasteiger partial charge in [-0.05, 0) is 24.6 Å². The number of benzene rings is 1. The van der Waals surface area contributed by atoms with Crippen molar-refractivity contribution in [3.05, 3.63) is 46.2 Å². The number of nitrogens with zero attached hydrogens (tertiary/aromatic N) is 3. The number of para-hydroxylation sites is 1. The molecule has 1 aromatic carbocycles. The number of carbonyl (C=O) groups is 1. The molecule has 0 spiro atoms. The van der Waals surface area contributed by atoms with Crippen LogP contribution in [0.15, 0.2) is 40.9 Å². The first-order chi connectivity index (χ1) is 13.8. The van der Waals surface area contributed by atoms with Gasteiger partial charge in [-0.2, -0.15) is 13.2 Å². The third kappa shape index (κ3) is 5.18. The van der Waals surface area contributed by atoms with Gasteiger partial charge in [0.2, 0.25) is 5.91 Å². The lowest BCUT2D eigenvalue weighted by Crippen LogP contribution is -2.18. The Labute approximate surface area is 174 Å². The number of aryl methyl sites for hydroxylation is 1. The van der Waals surface area contributed by atoms with E-state index in [1.165, 1.54) is 23.1 Å². The fourth-order valence-corrected chi connectivity index (χ4v) is 4.40. The minimum atomic E-state index is -4.54. The van der Waals surface area contributed by atoms with Gasteiger partial charge >= 0.3 is 6.18 Å². The average Bonchev–Trinajstić information content (AvgIpc) is 3.26. The quantitative estimate of drug-likeness (QED) is 0.510. The van der Waals surface area contributed by atoms with E-state index in [4.69, 9.17) is 0 Å². The van der Waals surface area contributed by atoms with Gasteiger partial charge in [-0.1, -0.05) is 37.2 Å². The molecule has 2 heterocycles. The van der Waals surface area contributed by atoms with Crippen molar-refractivity contribution in [1.29, 1.82) is 0 Å². The van der Waals surface area contributed by atoms with E-state index in [1.54, 1.807) is 23.0 Å². The van der Waals surface area contributed by atoms with Crippen molar-refractivity contribution in [2.24, 2.45) is 7.05 Å². The lowest BCUT2D eigenvalue weighted by Gasteiger charge is -2.13. The molecule has 10 heteroatoms. The molecular weight excluding hydrogens is 421 g/mol. The van der Waals surface area contributed by atoms with Gasteiger partial charge in [0.1, 0.15) is 0 Å². The highest BCUT2D eigenvalue weighted by Crippen LogP contribution is 2.34. The number of halogens is 3. The molecule has 3 rings (SSSR count). The minimum absolute atomic E-state index is 0.0805. The van der Waals surface area contributed by atoms with Crippen LogP contribution in [0.2, 0.25) is 0 Å². The van der Waals surface area contributed by atoms with Gasteiger partial charge in [0.25, 0.3) is 0 Å². The normalized spacial score (nSPS) is 11.6. The van der Waals surface area contributed by atoms with Gasteiger partial charge in [0.15, 0.2) is 11.0 Å². The molecule has 1 N–H and O–H groups in total. The molecule has 29 heavy (non-hydrogen) atoms. The number of rotatable bonds is 7. The molecule has 0 saturated heterocycles. The van der Waals surface area contributed by atoms with Crippen molar-refractivity contribution in [3.63, 3.8) is 0 Å². The van der Waals surface area contributed by atoms with Gasteiger partial charge in [0, 0.05) is 22.9 Å². The van der Waals surface area contributed by atoms with Crippen LogP contribution in [0, 0.1) is 0 Å². The van der Waals surface area contributed by atoms with Crippen molar-refractivity contribution in [3.8, 4) is 11.4 Å². The topological polar surface area (TPSA) is 59.8 Å². The predicted octanol–water partition coefficient (Wildman–Crippen LogP) is 5.25. The maximum Gasteiger partial charge on any atom is 0.418 e. The Bertz CT molecular complexity index is 998. The molecule has 0 aliphatic rings. The second-order valence-corrected chi connectivity index (χ2v) is 8.24. The smallest absolute Gasteiger partial charge is 0.325 e. The van der Waals surface area contributed by atoms with Gasteiger partial charge in [0.05, 0.1) is 17.0 Å². The summed E-state index contributed by atoms with van der Waals surface area (Å²) < 4.78 is 40.9. The monoisotopic (exact) mass is 440 g/mol. The van der Waals surface area contributed by atoms with E-state index < -0.39 is 17.6 Å². The van der Waals surface area contributed by atoms with E-state index in [2.05, 4.69) is 28.5 Å². The first kappa shape index (κ1) is 21.4. The number of aromatic nitrogens is 3. The van der Waals surface area contributed by atoms with Gasteiger partial charge in [-0.25, -0.2) is 0 Å². The van der Waals surface area contributed by atoms with Crippen LogP contribution in [0.1, 0.15) is 23.8 Å². The van der Waals surface area contributed by atoms with Gasteiger partial charge in [-0.3, -0.25) is 4.79 Å². The lowest BCUT2D eigenvalue weighted by molar-refractivity contribution is -0.137. The number of anilines is 1. The standard InChI is InChI=1S/C19H19F3N4OS2/c1-3-6-13-9-12(10-28-13)17-24-25-18(26(17)2)29-11-16(27)23-15-8-5-4-7-14(15)19(20,21)22/h4-5,7-10H,3,6,11H2,1-2H3,(H,23,27). The molecule has 0 aliphatic carbocycles. The summed E-state index contributed by atoms with van der Waals surface area (Å²) in [6.45, 7) is 2.12. The minimum Gasteiger partial charge on any atom is -0.325 e. The van der Waals surface area contributed by atoms with Crippen LogP contribution >= 0.6 is 23.1 Å². The van der Waals surface area contributed by atoms with Gasteiger partial charge < -0.3 is 9.88 Å². The zero-order valence-electron chi connectivity index (χ0n) is 15.8. The highest BCUT2D eigenvalue weighted by molar-refractivity contribution is 7.99. The van der Waals surface area contributed by atoms with Crippen LogP contribution in [-0.2, 0) is 24.4 Å². The van der Waals surface area contributed by atoms with Crippen LogP contribution in [-0.4, -0.2) is 26.4 Å². The number of alkyl halides is 3. The molecule has 0 radical (unpaired) electrons. The first-order valence-electron chi connectivity index (χ1n) is 8.85. The molecule has 0 saturated carbocycles. The molecule has 0 bridgehead atoms. The van der Waals surface area contributed by atoms with E-state index in [0.717, 1.165) is 36.2 Å². The number of nitrogens with one attached hydrogen (secondary N) is 1. The summed E-state index contributed by atoms with van der Waals surface area (Å²) in [5.41, 5.74) is -0.172. The molecule has 2 aromatic heterocycles. The number of amides is 1. The highest BCUT2D eigenvalue weighted by atomic mass is 32.2. The Morgan fingerprint density at radius 3 is 2.76 bits per heavy atom. The Morgan fingerprint density at radius 1 is 1.28 bits per heavy atom. The summed E-state index contributed by atoms with van der Waals surface area (Å²) in [4.78, 5) is 13.4. The largest absolute Gasteiger partial charge is 0.418 e. The average molecular weight is 441 g/mol. The van der Waals surface area contributed by atoms with Crippen LogP contribution < -0.4 is 5.32 Å². The third-order valence-corrected chi connectivity index (χ3v) is 6.10. The molecule has 0 unspecified atom stereocenters. The Kier molecular flexibility index (Phi) is 6.63. The second kappa shape index (κ2) is 9.00. The van der Waals surface area contributed by atoms with Crippen LogP contribution in [0.3, 0.4) is 0 Å². The Balaban J connectivity index is 1.65. The number of thioether (sulfide) groups is 1. The lowest BCUT2D eigenvalue weighted by atomic mass is 10.1. The number of hydrogen-bond acceptors (Lipinski definition) is 5. The third-order valence-electron chi connectivity index (χ3n) is 4.08. The molecule has 5 nitrogen and oxygen atoms in total. The summed E-state index contributed by atoms with van der Waals surface area (Å²) >= 11 is 2.79. The fourth-order valence-electron chi connectivity index (χ4n) is 2.72. The molecule has 0 fully saturated rings. The van der Waals surface area contributed by atoms with E-state index in [9.17, 15) is 18.0 Å². The van der Waals surface area contributed by atoms with Crippen LogP contribution in [0.25, 0.3) is 11.4 Å². The zero-order chi connectivity index (χ0) is 21.0. The van der Waals surface area contributed by atoms with Crippen molar-refractivity contribution >= 4 is 34.7 Å². The Hall–Kier alpha value is -2.33. The van der Waals surface area contributed by atoms with E-state index >= 15 is 0 Å². The van der Waals surface area contributed by atoms with Crippen LogP contribution in [0.5, 0.6) is 0 Å². The number of thiophene rings is 1. The Morgan fingerprint density at radius 2 is 2.03 bits per heavy atom. The first-order valence-corrected chi connectivity index (χ1v) is 10.7. The molecule has 154 valence electrons. The zero-order valence-corrected chi connectivity index (χ0v) is 17.4. The summed E-state index contributed by atoms with van der Waals surface area (Å²) in [7, 11) is 1.80. The van der Waals surface area contributed by atoms with Crippen molar-refractivity contribution < 1.29 is 18.0 Å². The van der Waals surface area contributed by atoms with E-state index in [-0.39, 0.29) is 11.4 Å². The molecule has 1 amide bonds. The van der Waals surface area contributed by atoms with Crippen LogP contribution in [0.4, 0.5) is 18.9 Å². The maximum absolute atomic E-state index is 13.0. The second-order valence-electron chi connectivity index (χ2n) is 6.30. The molecule has 3 aromatic rings. The summed E-state index contributed by atoms with van der Waals surface area (Å²) in [6.07, 6.45) is -2.47. The maximum atomic E-state index is 13.0. The summed E-state index contributed by atoms with van der Waals surface area (Å²) in [5, 5.41) is 13.2. The predicted molar refractivity (Wildman–Crippen MR) is 109 cm³/mol. The molecule has 0 atom stereocenters. The number of hydrogen-bond donors (Lipinski definition) is 1. The van der Waals surface area contributed by atoms with Crippen molar-refractivity contribution in [2.75, 3.05) is 11.1 Å². The SMILES string of the molecule is CCCc1cc(-c2nnc(SCC(=O)Nc3ccccc3C(F)(F)F)n2C)cs1. The number of carbonyl (C=O) groups excluding carboxylic acids is 1. The highest BCUT2D eigenvalue weighted by Gasteiger charge is 2.33. The fraction of sp³-hybridized carbons (Fsp3) is 0.316. The van der Waals surface area contributed by atoms with E-state index in [0.29, 0.717) is 11.0 Å². The van der Waals surface area contributed by atoms with Gasteiger partial charge in [-0.15, -0.1) is 21.5 Å². The van der Waals surface area contributed by atoms with Crippen molar-refractivity contribution in [2.45, 2.75) is 31.1 Å². The summed E-state index contributed by atoms with van der Waals surface area (Å²) in [5.74, 6) is 0.0639. The molecule has 0 aliphatic heterocycles. The van der Waals surface area contributed by atoms with Crippen molar-refractivity contribution in [1.82, 2.24) is 14.8 Å². The molecular formula is C19H19F3N4OS2.